The average Bonchev–Trinajstić information content (AvgIpc) is 2.38. The number of ether oxygens (including phenoxy) is 2. The lowest BCUT2D eigenvalue weighted by Gasteiger charge is -2.26. The first-order chi connectivity index (χ1) is 8.72. The number of esters is 1. The molecule has 1 aromatic carbocycles. The Hall–Kier alpha value is -1.39. The molecule has 0 saturated carbocycles. The third-order valence-corrected chi connectivity index (χ3v) is 3.10. The van der Waals surface area contributed by atoms with Crippen molar-refractivity contribution in [2.24, 2.45) is 0 Å². The quantitative estimate of drug-likeness (QED) is 0.821. The molecule has 4 heteroatoms. The molecule has 2 atom stereocenters. The molecule has 98 valence electrons. The van der Waals surface area contributed by atoms with Crippen molar-refractivity contribution in [1.29, 1.82) is 0 Å². The maximum absolute atomic E-state index is 12.1. The highest BCUT2D eigenvalue weighted by atomic mass is 16.6. The maximum Gasteiger partial charge on any atom is 0.315 e. The number of carbonyl (C=O) groups is 1. The van der Waals surface area contributed by atoms with Crippen molar-refractivity contribution in [1.82, 2.24) is 5.32 Å². The molecule has 0 spiro atoms. The normalized spacial score (nSPS) is 20.0. The van der Waals surface area contributed by atoms with Gasteiger partial charge in [0.05, 0.1) is 12.5 Å². The monoisotopic (exact) mass is 249 g/mol. The summed E-state index contributed by atoms with van der Waals surface area (Å²) in [5, 5.41) is 3.25. The van der Waals surface area contributed by atoms with Crippen LogP contribution in [-0.4, -0.2) is 32.3 Å². The van der Waals surface area contributed by atoms with Gasteiger partial charge in [-0.25, -0.2) is 0 Å². The third-order valence-electron chi connectivity index (χ3n) is 3.10. The van der Waals surface area contributed by atoms with Crippen LogP contribution in [0.1, 0.15) is 24.0 Å². The minimum atomic E-state index is -0.214. The van der Waals surface area contributed by atoms with Gasteiger partial charge in [0.25, 0.3) is 0 Å². The lowest BCUT2D eigenvalue weighted by atomic mass is 9.91. The van der Waals surface area contributed by atoms with Crippen LogP contribution in [0.25, 0.3) is 0 Å². The van der Waals surface area contributed by atoms with Gasteiger partial charge in [-0.2, -0.15) is 0 Å². The molecule has 1 aliphatic heterocycles. The molecule has 0 amide bonds. The predicted molar refractivity (Wildman–Crippen MR) is 68.3 cm³/mol. The summed E-state index contributed by atoms with van der Waals surface area (Å²) in [7, 11) is 1.60. The van der Waals surface area contributed by atoms with Crippen molar-refractivity contribution in [3.8, 4) is 0 Å². The summed E-state index contributed by atoms with van der Waals surface area (Å²) >= 11 is 0. The zero-order valence-corrected chi connectivity index (χ0v) is 10.8. The SMILES string of the molecule is COCC(C)OC(=O)C1CNCc2ccccc21. The van der Waals surface area contributed by atoms with Crippen LogP contribution in [0.4, 0.5) is 0 Å². The van der Waals surface area contributed by atoms with Gasteiger partial charge < -0.3 is 14.8 Å². The third kappa shape index (κ3) is 2.89. The van der Waals surface area contributed by atoms with Gasteiger partial charge in [0.1, 0.15) is 6.10 Å². The van der Waals surface area contributed by atoms with E-state index in [9.17, 15) is 4.79 Å². The Kier molecular flexibility index (Phi) is 4.33. The van der Waals surface area contributed by atoms with Gasteiger partial charge in [-0.05, 0) is 18.1 Å². The van der Waals surface area contributed by atoms with E-state index in [1.165, 1.54) is 5.56 Å². The highest BCUT2D eigenvalue weighted by molar-refractivity contribution is 5.79. The number of fused-ring (bicyclic) bond motifs is 1. The van der Waals surface area contributed by atoms with E-state index in [1.807, 2.05) is 31.2 Å². The smallest absolute Gasteiger partial charge is 0.315 e. The molecule has 0 saturated heterocycles. The molecule has 0 bridgehead atoms. The van der Waals surface area contributed by atoms with E-state index in [4.69, 9.17) is 9.47 Å². The number of benzene rings is 1. The van der Waals surface area contributed by atoms with E-state index in [1.54, 1.807) is 7.11 Å². The lowest BCUT2D eigenvalue weighted by molar-refractivity contribution is -0.152. The van der Waals surface area contributed by atoms with E-state index < -0.39 is 0 Å². The highest BCUT2D eigenvalue weighted by Crippen LogP contribution is 2.25. The van der Waals surface area contributed by atoms with Gasteiger partial charge in [0, 0.05) is 20.2 Å². The van der Waals surface area contributed by atoms with Crippen molar-refractivity contribution in [3.05, 3.63) is 35.4 Å². The zero-order valence-electron chi connectivity index (χ0n) is 10.8. The molecule has 1 aliphatic rings. The molecule has 0 fully saturated rings. The summed E-state index contributed by atoms with van der Waals surface area (Å²) in [4.78, 5) is 12.1. The molecular weight excluding hydrogens is 230 g/mol. The fourth-order valence-electron chi connectivity index (χ4n) is 2.26. The second kappa shape index (κ2) is 5.98. The van der Waals surface area contributed by atoms with Crippen molar-refractivity contribution in [2.75, 3.05) is 20.3 Å². The van der Waals surface area contributed by atoms with Crippen molar-refractivity contribution in [3.63, 3.8) is 0 Å². The summed E-state index contributed by atoms with van der Waals surface area (Å²) in [6, 6.07) is 7.99. The average molecular weight is 249 g/mol. The first-order valence-electron chi connectivity index (χ1n) is 6.20. The van der Waals surface area contributed by atoms with Crippen molar-refractivity contribution in [2.45, 2.75) is 25.5 Å². The number of hydrogen-bond donors (Lipinski definition) is 1. The molecule has 1 N–H and O–H groups in total. The molecule has 4 nitrogen and oxygen atoms in total. The molecule has 2 rings (SSSR count). The topological polar surface area (TPSA) is 47.6 Å². The number of nitrogens with one attached hydrogen (secondary N) is 1. The summed E-state index contributed by atoms with van der Waals surface area (Å²) in [5.74, 6) is -0.395. The Labute approximate surface area is 107 Å². The number of methoxy groups -OCH3 is 1. The molecule has 1 aromatic rings. The molecule has 2 unspecified atom stereocenters. The van der Waals surface area contributed by atoms with Crippen LogP contribution in [0.3, 0.4) is 0 Å². The first kappa shape index (κ1) is 13.1. The van der Waals surface area contributed by atoms with Crippen LogP contribution in [0, 0.1) is 0 Å². The van der Waals surface area contributed by atoms with Crippen molar-refractivity contribution >= 4 is 5.97 Å². The van der Waals surface area contributed by atoms with Crippen molar-refractivity contribution < 1.29 is 14.3 Å². The van der Waals surface area contributed by atoms with Crippen LogP contribution >= 0.6 is 0 Å². The van der Waals surface area contributed by atoms with E-state index >= 15 is 0 Å². The van der Waals surface area contributed by atoms with Gasteiger partial charge in [-0.3, -0.25) is 4.79 Å². The van der Waals surface area contributed by atoms with Crippen LogP contribution in [0.5, 0.6) is 0 Å². The Balaban J connectivity index is 2.08. The largest absolute Gasteiger partial charge is 0.460 e. The fourth-order valence-corrected chi connectivity index (χ4v) is 2.26. The van der Waals surface area contributed by atoms with E-state index in [0.29, 0.717) is 13.2 Å². The highest BCUT2D eigenvalue weighted by Gasteiger charge is 2.28. The Bertz CT molecular complexity index is 419. The predicted octanol–water partition coefficient (Wildman–Crippen LogP) is 1.45. The Morgan fingerprint density at radius 2 is 2.28 bits per heavy atom. The van der Waals surface area contributed by atoms with Crippen LogP contribution < -0.4 is 5.32 Å². The maximum atomic E-state index is 12.1. The fraction of sp³-hybridized carbons (Fsp3) is 0.500. The van der Waals surface area contributed by atoms with E-state index in [-0.39, 0.29) is 18.0 Å². The summed E-state index contributed by atoms with van der Waals surface area (Å²) in [6.45, 7) is 3.71. The molecule has 18 heavy (non-hydrogen) atoms. The molecular formula is C14H19NO3. The lowest BCUT2D eigenvalue weighted by Crippen LogP contribution is -2.35. The second-order valence-electron chi connectivity index (χ2n) is 4.59. The Morgan fingerprint density at radius 3 is 3.06 bits per heavy atom. The summed E-state index contributed by atoms with van der Waals surface area (Å²) in [6.07, 6.45) is -0.211. The van der Waals surface area contributed by atoms with Crippen LogP contribution in [0.15, 0.2) is 24.3 Å². The molecule has 0 aliphatic carbocycles. The van der Waals surface area contributed by atoms with E-state index in [0.717, 1.165) is 12.1 Å². The summed E-state index contributed by atoms with van der Waals surface area (Å²) < 4.78 is 10.4. The molecule has 0 radical (unpaired) electrons. The summed E-state index contributed by atoms with van der Waals surface area (Å²) in [5.41, 5.74) is 2.25. The number of carbonyl (C=O) groups excluding carboxylic acids is 1. The van der Waals surface area contributed by atoms with Gasteiger partial charge in [0.15, 0.2) is 0 Å². The van der Waals surface area contributed by atoms with Gasteiger partial charge in [-0.1, -0.05) is 24.3 Å². The van der Waals surface area contributed by atoms with Gasteiger partial charge in [0.2, 0.25) is 0 Å². The van der Waals surface area contributed by atoms with Crippen LogP contribution in [-0.2, 0) is 20.8 Å². The number of rotatable bonds is 4. The van der Waals surface area contributed by atoms with E-state index in [2.05, 4.69) is 5.32 Å². The minimum Gasteiger partial charge on any atom is -0.460 e. The minimum absolute atomic E-state index is 0.181. The Morgan fingerprint density at radius 1 is 1.50 bits per heavy atom. The van der Waals surface area contributed by atoms with Crippen LogP contribution in [0.2, 0.25) is 0 Å². The number of hydrogen-bond acceptors (Lipinski definition) is 4. The molecule has 1 heterocycles. The molecule has 0 aromatic heterocycles. The first-order valence-corrected chi connectivity index (χ1v) is 6.20. The van der Waals surface area contributed by atoms with Gasteiger partial charge in [-0.15, -0.1) is 0 Å². The zero-order chi connectivity index (χ0) is 13.0. The second-order valence-corrected chi connectivity index (χ2v) is 4.59. The van der Waals surface area contributed by atoms with Gasteiger partial charge >= 0.3 is 5.97 Å². The standard InChI is InChI=1S/C14H19NO3/c1-10(9-17-2)18-14(16)13-8-15-7-11-5-3-4-6-12(11)13/h3-6,10,13,15H,7-9H2,1-2H3.